The fraction of sp³-hybridized carbons (Fsp3) is 0.583. The van der Waals surface area contributed by atoms with Crippen molar-refractivity contribution in [3.63, 3.8) is 0 Å². The molecule has 35 heavy (non-hydrogen) atoms. The maximum atomic E-state index is 14.6. The zero-order valence-corrected chi connectivity index (χ0v) is 22.6. The monoisotopic (exact) mass is 513 g/mol. The highest BCUT2D eigenvalue weighted by Crippen LogP contribution is 2.30. The number of hydrogen-bond donors (Lipinski definition) is 0. The molecule has 0 saturated carbocycles. The topological polar surface area (TPSA) is 89.8 Å². The Morgan fingerprint density at radius 2 is 1.91 bits per heavy atom. The Morgan fingerprint density at radius 3 is 2.43 bits per heavy atom. The molecule has 2 aromatic rings. The molecule has 0 spiro atoms. The van der Waals surface area contributed by atoms with Gasteiger partial charge in [-0.3, -0.25) is 4.79 Å². The first-order valence-electron chi connectivity index (χ1n) is 11.6. The molecule has 0 bridgehead atoms. The summed E-state index contributed by atoms with van der Waals surface area (Å²) in [7, 11) is 3.84. The summed E-state index contributed by atoms with van der Waals surface area (Å²) in [5.41, 5.74) is -0.867. The summed E-state index contributed by atoms with van der Waals surface area (Å²) in [6.07, 6.45) is 2.92. The Morgan fingerprint density at radius 1 is 1.26 bits per heavy atom. The molecule has 0 aromatic carbocycles. The number of amides is 1. The number of hydrogen-bond acceptors (Lipinski definition) is 7. The van der Waals surface area contributed by atoms with Crippen molar-refractivity contribution in [2.24, 2.45) is 0 Å². The predicted molar refractivity (Wildman–Crippen MR) is 134 cm³/mol. The maximum Gasteiger partial charge on any atom is 0.410 e. The number of halogens is 2. The minimum absolute atomic E-state index is 0.105. The summed E-state index contributed by atoms with van der Waals surface area (Å²) < 4.78 is 27.2. The lowest BCUT2D eigenvalue weighted by atomic mass is 10.2. The van der Waals surface area contributed by atoms with E-state index < -0.39 is 28.8 Å². The van der Waals surface area contributed by atoms with Gasteiger partial charge in [-0.15, -0.1) is 0 Å². The van der Waals surface area contributed by atoms with E-state index in [4.69, 9.17) is 21.1 Å². The average Bonchev–Trinajstić information content (AvgIpc) is 3.30. The third kappa shape index (κ3) is 9.45. The molecule has 2 aromatic heterocycles. The molecule has 0 aliphatic heterocycles. The molecule has 11 heteroatoms. The van der Waals surface area contributed by atoms with Gasteiger partial charge >= 0.3 is 6.09 Å². The molecule has 0 saturated heterocycles. The lowest BCUT2D eigenvalue weighted by molar-refractivity contribution is 0.0220. The number of aromatic nitrogens is 3. The first-order chi connectivity index (χ1) is 16.4. The van der Waals surface area contributed by atoms with Gasteiger partial charge in [0.05, 0.1) is 6.10 Å². The number of pyridine rings is 1. The summed E-state index contributed by atoms with van der Waals surface area (Å²) in [5, 5.41) is 3.54. The number of carbonyl (C=O) groups excluding carboxylic acids is 2. The number of carbonyl (C=O) groups is 2. The van der Waals surface area contributed by atoms with Crippen LogP contribution in [0.15, 0.2) is 18.5 Å². The summed E-state index contributed by atoms with van der Waals surface area (Å²) >= 11 is 5.95. The Kier molecular flexibility index (Phi) is 12.1. The summed E-state index contributed by atoms with van der Waals surface area (Å²) in [4.78, 5) is 31.9. The second-order valence-corrected chi connectivity index (χ2v) is 9.20. The van der Waals surface area contributed by atoms with Crippen molar-refractivity contribution in [3.8, 4) is 11.6 Å². The van der Waals surface area contributed by atoms with Gasteiger partial charge in [-0.25, -0.2) is 13.9 Å². The second-order valence-electron chi connectivity index (χ2n) is 8.84. The fourth-order valence-electron chi connectivity index (χ4n) is 2.87. The van der Waals surface area contributed by atoms with Crippen molar-refractivity contribution in [3.05, 3.63) is 35.0 Å². The van der Waals surface area contributed by atoms with E-state index in [1.807, 2.05) is 53.6 Å². The molecule has 0 aliphatic carbocycles. The van der Waals surface area contributed by atoms with Crippen molar-refractivity contribution >= 4 is 24.0 Å². The van der Waals surface area contributed by atoms with Crippen LogP contribution in [0.2, 0.25) is 5.15 Å². The van der Waals surface area contributed by atoms with E-state index in [2.05, 4.69) is 10.1 Å². The van der Waals surface area contributed by atoms with Crippen LogP contribution in [0.4, 0.5) is 9.18 Å². The lowest BCUT2D eigenvalue weighted by Gasteiger charge is -2.29. The summed E-state index contributed by atoms with van der Waals surface area (Å²) in [6.45, 7) is 12.7. The predicted octanol–water partition coefficient (Wildman–Crippen LogP) is 4.85. The molecule has 0 radical (unpaired) electrons. The van der Waals surface area contributed by atoms with E-state index in [9.17, 15) is 14.0 Å². The normalized spacial score (nSPS) is 12.0. The zero-order chi connectivity index (χ0) is 26.8. The molecule has 1 amide bonds. The number of aldehydes is 1. The minimum Gasteiger partial charge on any atom is -0.474 e. The van der Waals surface area contributed by atoms with Crippen LogP contribution in [0.25, 0.3) is 5.69 Å². The highest BCUT2D eigenvalue weighted by molar-refractivity contribution is 6.30. The lowest BCUT2D eigenvalue weighted by Crippen LogP contribution is -2.41. The number of rotatable bonds is 10. The van der Waals surface area contributed by atoms with E-state index >= 15 is 0 Å². The summed E-state index contributed by atoms with van der Waals surface area (Å²) in [6, 6.07) is 1.59. The first-order valence-corrected chi connectivity index (χ1v) is 11.9. The van der Waals surface area contributed by atoms with Crippen LogP contribution in [-0.4, -0.2) is 82.4 Å². The van der Waals surface area contributed by atoms with Crippen LogP contribution in [0.5, 0.6) is 5.88 Å². The van der Waals surface area contributed by atoms with Gasteiger partial charge < -0.3 is 19.3 Å². The molecule has 0 aliphatic rings. The molecular formula is C24H37ClFN5O4. The number of likely N-dealkylation sites (N-methyl/N-ethyl adjacent to an activating group) is 1. The molecule has 1 atom stereocenters. The van der Waals surface area contributed by atoms with E-state index in [0.717, 1.165) is 0 Å². The zero-order valence-electron chi connectivity index (χ0n) is 21.8. The van der Waals surface area contributed by atoms with Crippen LogP contribution < -0.4 is 4.74 Å². The SMILES string of the molecule is CC.CC(CCN(CCN(C)C)C(=O)OC(C)(C)C)Oc1nc(Cl)c(F)c(-n2cccn2)c1C=O. The van der Waals surface area contributed by atoms with Crippen molar-refractivity contribution < 1.29 is 23.5 Å². The fourth-order valence-corrected chi connectivity index (χ4v) is 3.03. The van der Waals surface area contributed by atoms with Gasteiger partial charge in [0.25, 0.3) is 0 Å². The first kappa shape index (κ1) is 30.3. The quantitative estimate of drug-likeness (QED) is 0.331. The largest absolute Gasteiger partial charge is 0.474 e. The van der Waals surface area contributed by atoms with E-state index in [1.54, 1.807) is 17.9 Å². The Bertz CT molecular complexity index is 948. The molecule has 2 heterocycles. The molecular weight excluding hydrogens is 477 g/mol. The number of nitrogens with zero attached hydrogens (tertiary/aromatic N) is 5. The minimum atomic E-state index is -0.873. The van der Waals surface area contributed by atoms with Gasteiger partial charge in [-0.2, -0.15) is 10.1 Å². The number of ether oxygens (including phenoxy) is 2. The van der Waals surface area contributed by atoms with E-state index in [-0.39, 0.29) is 17.1 Å². The van der Waals surface area contributed by atoms with Crippen molar-refractivity contribution in [2.45, 2.75) is 59.7 Å². The van der Waals surface area contributed by atoms with Gasteiger partial charge in [0.15, 0.2) is 17.3 Å². The average molecular weight is 514 g/mol. The van der Waals surface area contributed by atoms with Gasteiger partial charge in [0, 0.05) is 38.4 Å². The van der Waals surface area contributed by atoms with Crippen LogP contribution in [0, 0.1) is 5.82 Å². The second kappa shape index (κ2) is 14.0. The van der Waals surface area contributed by atoms with Gasteiger partial charge in [-0.1, -0.05) is 25.4 Å². The Labute approximate surface area is 212 Å². The highest BCUT2D eigenvalue weighted by Gasteiger charge is 2.25. The standard InChI is InChI=1S/C22H31ClFN5O4.C2H6/c1-15(8-11-28(13-12-27(5)6)21(31)33-22(2,3)4)32-20-16(14-30)18(17(24)19(23)26-20)29-10-7-9-25-29;1-2/h7,9-10,14-15H,8,11-13H2,1-6H3;1-2H3. The van der Waals surface area contributed by atoms with Crippen molar-refractivity contribution in [1.82, 2.24) is 24.6 Å². The maximum absolute atomic E-state index is 14.6. The van der Waals surface area contributed by atoms with Crippen LogP contribution in [0.3, 0.4) is 0 Å². The smallest absolute Gasteiger partial charge is 0.410 e. The Hall–Kier alpha value is -2.72. The molecule has 196 valence electrons. The summed E-state index contributed by atoms with van der Waals surface area (Å²) in [5.74, 6) is -0.978. The third-order valence-electron chi connectivity index (χ3n) is 4.51. The molecule has 9 nitrogen and oxygen atoms in total. The van der Waals surface area contributed by atoms with Crippen LogP contribution in [0.1, 0.15) is 58.3 Å². The molecule has 0 N–H and O–H groups in total. The molecule has 0 fully saturated rings. The van der Waals surface area contributed by atoms with E-state index in [1.165, 1.54) is 17.1 Å². The van der Waals surface area contributed by atoms with Crippen molar-refractivity contribution in [2.75, 3.05) is 33.7 Å². The Balaban J connectivity index is 0.00000298. The molecule has 2 rings (SSSR count). The van der Waals surface area contributed by atoms with Crippen LogP contribution >= 0.6 is 11.6 Å². The van der Waals surface area contributed by atoms with Gasteiger partial charge in [0.1, 0.15) is 16.9 Å². The molecule has 1 unspecified atom stereocenters. The van der Waals surface area contributed by atoms with Gasteiger partial charge in [-0.05, 0) is 47.9 Å². The highest BCUT2D eigenvalue weighted by atomic mass is 35.5. The van der Waals surface area contributed by atoms with Crippen molar-refractivity contribution in [1.29, 1.82) is 0 Å². The van der Waals surface area contributed by atoms with Gasteiger partial charge in [0.2, 0.25) is 5.88 Å². The van der Waals surface area contributed by atoms with Crippen LogP contribution in [-0.2, 0) is 4.74 Å². The van der Waals surface area contributed by atoms with E-state index in [0.29, 0.717) is 32.3 Å². The third-order valence-corrected chi connectivity index (χ3v) is 4.76.